The molecule has 0 saturated carbocycles. The van der Waals surface area contributed by atoms with Crippen LogP contribution in [0.3, 0.4) is 0 Å². The molecule has 2 aromatic rings. The number of rotatable bonds is 8. The van der Waals surface area contributed by atoms with Crippen LogP contribution >= 0.6 is 0 Å². The topological polar surface area (TPSA) is 48.3 Å². The fourth-order valence-corrected chi connectivity index (χ4v) is 1.81. The Morgan fingerprint density at radius 1 is 1.20 bits per heavy atom. The molecular formula is C15H21N3O2. The highest BCUT2D eigenvalue weighted by Gasteiger charge is 1.99. The van der Waals surface area contributed by atoms with Crippen molar-refractivity contribution >= 4 is 0 Å². The van der Waals surface area contributed by atoms with E-state index in [1.54, 1.807) is 7.11 Å². The molecule has 0 aliphatic rings. The smallest absolute Gasteiger partial charge is 0.119 e. The molecule has 1 aromatic carbocycles. The molecule has 0 spiro atoms. The van der Waals surface area contributed by atoms with Gasteiger partial charge in [-0.25, -0.2) is 4.98 Å². The van der Waals surface area contributed by atoms with Gasteiger partial charge in [0.2, 0.25) is 0 Å². The molecule has 0 aliphatic heterocycles. The number of nitrogens with zero attached hydrogens (tertiary/aromatic N) is 2. The van der Waals surface area contributed by atoms with Gasteiger partial charge >= 0.3 is 0 Å². The van der Waals surface area contributed by atoms with E-state index in [0.29, 0.717) is 6.61 Å². The van der Waals surface area contributed by atoms with Gasteiger partial charge in [-0.1, -0.05) is 6.92 Å². The van der Waals surface area contributed by atoms with E-state index < -0.39 is 0 Å². The number of aromatic nitrogens is 2. The van der Waals surface area contributed by atoms with Crippen LogP contribution in [0.25, 0.3) is 0 Å². The Kier molecular flexibility index (Phi) is 5.43. The summed E-state index contributed by atoms with van der Waals surface area (Å²) in [5.74, 6) is 1.68. The molecule has 0 saturated heterocycles. The zero-order valence-corrected chi connectivity index (χ0v) is 12.0. The van der Waals surface area contributed by atoms with Gasteiger partial charge in [0.05, 0.1) is 25.7 Å². The van der Waals surface area contributed by atoms with Gasteiger partial charge in [0, 0.05) is 12.7 Å². The van der Waals surface area contributed by atoms with Gasteiger partial charge in [0.15, 0.2) is 0 Å². The molecule has 0 unspecified atom stereocenters. The summed E-state index contributed by atoms with van der Waals surface area (Å²) >= 11 is 0. The molecule has 0 bridgehead atoms. The summed E-state index contributed by atoms with van der Waals surface area (Å²) in [4.78, 5) is 4.33. The SMILES string of the molecule is CCNCc1cn(CCOc2ccc(OC)cc2)cn1. The summed E-state index contributed by atoms with van der Waals surface area (Å²) in [6.07, 6.45) is 3.88. The van der Waals surface area contributed by atoms with E-state index in [9.17, 15) is 0 Å². The Labute approximate surface area is 119 Å². The molecule has 20 heavy (non-hydrogen) atoms. The molecule has 0 amide bonds. The van der Waals surface area contributed by atoms with Crippen molar-refractivity contribution in [1.82, 2.24) is 14.9 Å². The molecule has 1 aromatic heterocycles. The van der Waals surface area contributed by atoms with Crippen LogP contribution in [0.15, 0.2) is 36.8 Å². The summed E-state index contributed by atoms with van der Waals surface area (Å²) in [6.45, 7) is 5.24. The Bertz CT molecular complexity index is 508. The van der Waals surface area contributed by atoms with Crippen molar-refractivity contribution in [2.75, 3.05) is 20.3 Å². The first kappa shape index (κ1) is 14.4. The van der Waals surface area contributed by atoms with Crippen molar-refractivity contribution in [2.24, 2.45) is 0 Å². The van der Waals surface area contributed by atoms with Crippen LogP contribution in [0, 0.1) is 0 Å². The van der Waals surface area contributed by atoms with Crippen LogP contribution in [0.2, 0.25) is 0 Å². The van der Waals surface area contributed by atoms with Crippen LogP contribution in [0.4, 0.5) is 0 Å². The summed E-state index contributed by atoms with van der Waals surface area (Å²) < 4.78 is 12.8. The Balaban J connectivity index is 1.75. The van der Waals surface area contributed by atoms with Crippen molar-refractivity contribution in [3.05, 3.63) is 42.5 Å². The Hall–Kier alpha value is -2.01. The van der Waals surface area contributed by atoms with Crippen LogP contribution in [-0.2, 0) is 13.1 Å². The summed E-state index contributed by atoms with van der Waals surface area (Å²) in [6, 6.07) is 7.59. The molecule has 0 radical (unpaired) electrons. The van der Waals surface area contributed by atoms with Gasteiger partial charge in [-0.2, -0.15) is 0 Å². The molecule has 1 heterocycles. The number of imidazole rings is 1. The van der Waals surface area contributed by atoms with E-state index >= 15 is 0 Å². The lowest BCUT2D eigenvalue weighted by atomic mass is 10.3. The van der Waals surface area contributed by atoms with Gasteiger partial charge < -0.3 is 19.4 Å². The van der Waals surface area contributed by atoms with Crippen molar-refractivity contribution in [2.45, 2.75) is 20.0 Å². The number of ether oxygens (including phenoxy) is 2. The van der Waals surface area contributed by atoms with Crippen molar-refractivity contribution < 1.29 is 9.47 Å². The summed E-state index contributed by atoms with van der Waals surface area (Å²) in [5, 5.41) is 3.25. The van der Waals surface area contributed by atoms with Crippen LogP contribution in [0.5, 0.6) is 11.5 Å². The Morgan fingerprint density at radius 2 is 1.95 bits per heavy atom. The second-order valence-corrected chi connectivity index (χ2v) is 4.41. The normalized spacial score (nSPS) is 10.5. The number of benzene rings is 1. The minimum atomic E-state index is 0.614. The molecule has 5 heteroatoms. The minimum absolute atomic E-state index is 0.614. The first-order valence-electron chi connectivity index (χ1n) is 6.80. The van der Waals surface area contributed by atoms with Crippen LogP contribution in [0.1, 0.15) is 12.6 Å². The van der Waals surface area contributed by atoms with Crippen molar-refractivity contribution in [3.8, 4) is 11.5 Å². The lowest BCUT2D eigenvalue weighted by Crippen LogP contribution is -2.12. The van der Waals surface area contributed by atoms with Gasteiger partial charge in [-0.3, -0.25) is 0 Å². The van der Waals surface area contributed by atoms with E-state index in [1.165, 1.54) is 0 Å². The molecule has 108 valence electrons. The van der Waals surface area contributed by atoms with Gasteiger partial charge in [0.25, 0.3) is 0 Å². The van der Waals surface area contributed by atoms with E-state index in [0.717, 1.165) is 36.8 Å². The quantitative estimate of drug-likeness (QED) is 0.801. The molecule has 0 atom stereocenters. The van der Waals surface area contributed by atoms with E-state index in [1.807, 2.05) is 41.4 Å². The standard InChI is InChI=1S/C15H21N3O2/c1-3-16-10-13-11-18(12-17-13)8-9-20-15-6-4-14(19-2)5-7-15/h4-7,11-12,16H,3,8-10H2,1-2H3. The highest BCUT2D eigenvalue weighted by atomic mass is 16.5. The van der Waals surface area contributed by atoms with Gasteiger partial charge in [-0.05, 0) is 30.8 Å². The summed E-state index contributed by atoms with van der Waals surface area (Å²) in [5.41, 5.74) is 1.05. The van der Waals surface area contributed by atoms with Crippen LogP contribution in [-0.4, -0.2) is 29.8 Å². The van der Waals surface area contributed by atoms with Crippen LogP contribution < -0.4 is 14.8 Å². The molecule has 5 nitrogen and oxygen atoms in total. The number of hydrogen-bond donors (Lipinski definition) is 1. The average Bonchev–Trinajstić information content (AvgIpc) is 2.94. The highest BCUT2D eigenvalue weighted by Crippen LogP contribution is 2.16. The average molecular weight is 275 g/mol. The second-order valence-electron chi connectivity index (χ2n) is 4.41. The third kappa shape index (κ3) is 4.28. The summed E-state index contributed by atoms with van der Waals surface area (Å²) in [7, 11) is 1.65. The number of methoxy groups -OCH3 is 1. The predicted octanol–water partition coefficient (Wildman–Crippen LogP) is 2.08. The zero-order chi connectivity index (χ0) is 14.2. The zero-order valence-electron chi connectivity index (χ0n) is 12.0. The fourth-order valence-electron chi connectivity index (χ4n) is 1.81. The fraction of sp³-hybridized carbons (Fsp3) is 0.400. The van der Waals surface area contributed by atoms with Crippen molar-refractivity contribution in [3.63, 3.8) is 0 Å². The maximum Gasteiger partial charge on any atom is 0.119 e. The second kappa shape index (κ2) is 7.55. The third-order valence-corrected chi connectivity index (χ3v) is 2.92. The maximum absolute atomic E-state index is 5.68. The number of nitrogens with one attached hydrogen (secondary N) is 1. The van der Waals surface area contributed by atoms with E-state index in [2.05, 4.69) is 17.2 Å². The maximum atomic E-state index is 5.68. The monoisotopic (exact) mass is 275 g/mol. The van der Waals surface area contributed by atoms with E-state index in [-0.39, 0.29) is 0 Å². The van der Waals surface area contributed by atoms with Crippen molar-refractivity contribution in [1.29, 1.82) is 0 Å². The van der Waals surface area contributed by atoms with Gasteiger partial charge in [-0.15, -0.1) is 0 Å². The lowest BCUT2D eigenvalue weighted by Gasteiger charge is -2.07. The minimum Gasteiger partial charge on any atom is -0.497 e. The third-order valence-electron chi connectivity index (χ3n) is 2.92. The molecular weight excluding hydrogens is 254 g/mol. The molecule has 1 N–H and O–H groups in total. The van der Waals surface area contributed by atoms with E-state index in [4.69, 9.17) is 9.47 Å². The molecule has 2 rings (SSSR count). The Morgan fingerprint density at radius 3 is 2.65 bits per heavy atom. The first-order valence-corrected chi connectivity index (χ1v) is 6.80. The highest BCUT2D eigenvalue weighted by molar-refractivity contribution is 5.31. The molecule has 0 fully saturated rings. The predicted molar refractivity (Wildman–Crippen MR) is 78.1 cm³/mol. The first-order chi connectivity index (χ1) is 9.81. The number of hydrogen-bond acceptors (Lipinski definition) is 4. The lowest BCUT2D eigenvalue weighted by molar-refractivity contribution is 0.297. The molecule has 0 aliphatic carbocycles. The largest absolute Gasteiger partial charge is 0.497 e. The van der Waals surface area contributed by atoms with Gasteiger partial charge in [0.1, 0.15) is 18.1 Å².